The zero-order valence-electron chi connectivity index (χ0n) is 15.4. The molecule has 1 aromatic heterocycles. The number of anilines is 2. The van der Waals surface area contributed by atoms with E-state index in [1.807, 2.05) is 11.8 Å². The van der Waals surface area contributed by atoms with Gasteiger partial charge in [0.1, 0.15) is 5.56 Å². The smallest absolute Gasteiger partial charge is 0.341 e. The molecule has 144 valence electrons. The van der Waals surface area contributed by atoms with Gasteiger partial charge >= 0.3 is 5.97 Å². The van der Waals surface area contributed by atoms with Crippen LogP contribution in [-0.4, -0.2) is 41.3 Å². The van der Waals surface area contributed by atoms with Gasteiger partial charge in [-0.15, -0.1) is 0 Å². The van der Waals surface area contributed by atoms with E-state index in [1.165, 1.54) is 6.20 Å². The lowest BCUT2D eigenvalue weighted by Gasteiger charge is -2.35. The first-order valence-electron chi connectivity index (χ1n) is 9.19. The Balaban J connectivity index is 2.06. The maximum atomic E-state index is 15.8. The molecule has 8 heteroatoms. The number of nitrogens with two attached hydrogens (primary N) is 1. The number of piperazine rings is 1. The molecule has 2 aliphatic rings. The van der Waals surface area contributed by atoms with Gasteiger partial charge in [0.2, 0.25) is 5.43 Å². The lowest BCUT2D eigenvalue weighted by molar-refractivity contribution is 0.0695. The predicted molar refractivity (Wildman–Crippen MR) is 102 cm³/mol. The van der Waals surface area contributed by atoms with E-state index in [0.29, 0.717) is 24.3 Å². The van der Waals surface area contributed by atoms with Crippen LogP contribution < -0.4 is 21.4 Å². The van der Waals surface area contributed by atoms with Gasteiger partial charge in [0.15, 0.2) is 5.82 Å². The van der Waals surface area contributed by atoms with Gasteiger partial charge in [-0.05, 0) is 32.3 Å². The van der Waals surface area contributed by atoms with Crippen LogP contribution in [-0.2, 0) is 0 Å². The third-order valence-corrected chi connectivity index (χ3v) is 5.53. The van der Waals surface area contributed by atoms with Gasteiger partial charge in [0.05, 0.1) is 22.3 Å². The van der Waals surface area contributed by atoms with Crippen molar-refractivity contribution in [3.05, 3.63) is 33.4 Å². The Morgan fingerprint density at radius 1 is 1.41 bits per heavy atom. The van der Waals surface area contributed by atoms with E-state index in [9.17, 15) is 14.7 Å². The molecule has 4 N–H and O–H groups in total. The molecule has 7 nitrogen and oxygen atoms in total. The fourth-order valence-corrected chi connectivity index (χ4v) is 4.00. The molecule has 0 amide bonds. The van der Waals surface area contributed by atoms with E-state index in [4.69, 9.17) is 5.73 Å². The quantitative estimate of drug-likeness (QED) is 0.709. The van der Waals surface area contributed by atoms with Crippen LogP contribution in [0.4, 0.5) is 15.8 Å². The minimum Gasteiger partial charge on any atom is -0.477 e. The Hall–Kier alpha value is -2.61. The van der Waals surface area contributed by atoms with Crippen molar-refractivity contribution in [1.82, 2.24) is 9.88 Å². The highest BCUT2D eigenvalue weighted by molar-refractivity contribution is 6.01. The second kappa shape index (κ2) is 6.23. The SMILES string of the molecule is Cc1c(N2CCNC(C)C2)c(F)c2c(c1N)c(=O)c(C(=O)O)cn2C1CC1. The van der Waals surface area contributed by atoms with Gasteiger partial charge in [-0.2, -0.15) is 0 Å². The molecular weight excluding hydrogens is 351 g/mol. The highest BCUT2D eigenvalue weighted by atomic mass is 19.1. The van der Waals surface area contributed by atoms with E-state index in [2.05, 4.69) is 5.32 Å². The first kappa shape index (κ1) is 17.8. The van der Waals surface area contributed by atoms with Gasteiger partial charge in [-0.25, -0.2) is 9.18 Å². The van der Waals surface area contributed by atoms with Crippen molar-refractivity contribution < 1.29 is 14.3 Å². The number of halogens is 1. The Bertz CT molecular complexity index is 1010. The predicted octanol–water partition coefficient (Wildman–Crippen LogP) is 1.86. The van der Waals surface area contributed by atoms with E-state index in [-0.39, 0.29) is 34.2 Å². The molecule has 1 atom stereocenters. The molecule has 2 fully saturated rings. The monoisotopic (exact) mass is 374 g/mol. The number of nitrogen functional groups attached to an aromatic ring is 1. The van der Waals surface area contributed by atoms with Crippen LogP contribution in [0.3, 0.4) is 0 Å². The van der Waals surface area contributed by atoms with E-state index in [1.54, 1.807) is 11.5 Å². The van der Waals surface area contributed by atoms with E-state index < -0.39 is 17.2 Å². The van der Waals surface area contributed by atoms with Gasteiger partial charge in [0.25, 0.3) is 0 Å². The van der Waals surface area contributed by atoms with Crippen LogP contribution in [0.2, 0.25) is 0 Å². The highest BCUT2D eigenvalue weighted by Gasteiger charge is 2.32. The minimum atomic E-state index is -1.33. The molecule has 4 rings (SSSR count). The number of benzene rings is 1. The molecule has 1 saturated carbocycles. The van der Waals surface area contributed by atoms with Crippen molar-refractivity contribution in [2.45, 2.75) is 38.8 Å². The molecule has 1 unspecified atom stereocenters. The Morgan fingerprint density at radius 3 is 2.70 bits per heavy atom. The normalized spacial score (nSPS) is 20.3. The first-order valence-corrected chi connectivity index (χ1v) is 9.19. The second-order valence-electron chi connectivity index (χ2n) is 7.54. The number of carboxylic acid groups (broad SMARTS) is 1. The van der Waals surface area contributed by atoms with Crippen molar-refractivity contribution in [2.24, 2.45) is 0 Å². The summed E-state index contributed by atoms with van der Waals surface area (Å²) in [4.78, 5) is 26.2. The number of nitrogens with zero attached hydrogens (tertiary/aromatic N) is 2. The van der Waals surface area contributed by atoms with Crippen LogP contribution in [0.1, 0.15) is 41.7 Å². The number of aromatic nitrogens is 1. The summed E-state index contributed by atoms with van der Waals surface area (Å²) in [5.41, 5.74) is 6.35. The molecule has 27 heavy (non-hydrogen) atoms. The van der Waals surface area contributed by atoms with E-state index >= 15 is 4.39 Å². The summed E-state index contributed by atoms with van der Waals surface area (Å²) >= 11 is 0. The maximum Gasteiger partial charge on any atom is 0.341 e. The summed E-state index contributed by atoms with van der Waals surface area (Å²) in [5, 5.41) is 12.7. The Morgan fingerprint density at radius 2 is 2.11 bits per heavy atom. The number of carboxylic acids is 1. The molecule has 0 bridgehead atoms. The molecular formula is C19H23FN4O3. The van der Waals surface area contributed by atoms with Gasteiger partial charge < -0.3 is 25.6 Å². The standard InChI is InChI=1S/C19H23FN4O3/c1-9-7-23(6-5-22-9)16-10(2)15(21)13-17(14(16)20)24(11-3-4-11)8-12(18(13)25)19(26)27/h8-9,11,22H,3-7,21H2,1-2H3,(H,26,27). The van der Waals surface area contributed by atoms with Crippen LogP contribution in [0, 0.1) is 12.7 Å². The summed E-state index contributed by atoms with van der Waals surface area (Å²) < 4.78 is 17.4. The average Bonchev–Trinajstić information content (AvgIpc) is 3.44. The number of hydrogen-bond acceptors (Lipinski definition) is 5. The van der Waals surface area contributed by atoms with Crippen molar-refractivity contribution in [1.29, 1.82) is 0 Å². The summed E-state index contributed by atoms with van der Waals surface area (Å²) in [6, 6.07) is 0.201. The first-order chi connectivity index (χ1) is 12.8. The lowest BCUT2D eigenvalue weighted by atomic mass is 10.0. The Labute approximate surface area is 155 Å². The largest absolute Gasteiger partial charge is 0.477 e. The van der Waals surface area contributed by atoms with Gasteiger partial charge in [0, 0.05) is 37.9 Å². The number of pyridine rings is 1. The number of nitrogens with one attached hydrogen (secondary N) is 1. The van der Waals surface area contributed by atoms with Crippen LogP contribution in [0.15, 0.2) is 11.0 Å². The second-order valence-corrected chi connectivity index (χ2v) is 7.54. The number of carbonyl (C=O) groups is 1. The maximum absolute atomic E-state index is 15.8. The Kier molecular flexibility index (Phi) is 4.10. The number of rotatable bonds is 3. The topological polar surface area (TPSA) is 101 Å². The van der Waals surface area contributed by atoms with Gasteiger partial charge in [-0.3, -0.25) is 4.79 Å². The zero-order chi connectivity index (χ0) is 19.5. The van der Waals surface area contributed by atoms with Crippen molar-refractivity contribution in [2.75, 3.05) is 30.3 Å². The van der Waals surface area contributed by atoms with Crippen LogP contribution in [0.25, 0.3) is 10.9 Å². The zero-order valence-corrected chi connectivity index (χ0v) is 15.4. The molecule has 0 radical (unpaired) electrons. The third-order valence-electron chi connectivity index (χ3n) is 5.53. The summed E-state index contributed by atoms with van der Waals surface area (Å²) in [6.45, 7) is 5.71. The van der Waals surface area contributed by atoms with Crippen LogP contribution in [0.5, 0.6) is 0 Å². The van der Waals surface area contributed by atoms with E-state index in [0.717, 1.165) is 19.4 Å². The summed E-state index contributed by atoms with van der Waals surface area (Å²) in [7, 11) is 0. The fourth-order valence-electron chi connectivity index (χ4n) is 4.00. The molecule has 1 aliphatic carbocycles. The summed E-state index contributed by atoms with van der Waals surface area (Å²) in [6.07, 6.45) is 2.92. The summed E-state index contributed by atoms with van der Waals surface area (Å²) in [5.74, 6) is -1.82. The molecule has 1 saturated heterocycles. The number of aromatic carboxylic acids is 1. The average molecular weight is 374 g/mol. The number of hydrogen-bond donors (Lipinski definition) is 3. The molecule has 0 spiro atoms. The van der Waals surface area contributed by atoms with Gasteiger partial charge in [-0.1, -0.05) is 0 Å². The molecule has 1 aromatic carbocycles. The molecule has 2 aromatic rings. The lowest BCUT2D eigenvalue weighted by Crippen LogP contribution is -2.49. The number of fused-ring (bicyclic) bond motifs is 1. The van der Waals surface area contributed by atoms with Crippen molar-refractivity contribution in [3.63, 3.8) is 0 Å². The minimum absolute atomic E-state index is 0.00222. The van der Waals surface area contributed by atoms with Crippen LogP contribution >= 0.6 is 0 Å². The fraction of sp³-hybridized carbons (Fsp3) is 0.474. The highest BCUT2D eigenvalue weighted by Crippen LogP contribution is 2.42. The molecule has 2 heterocycles. The molecule has 1 aliphatic heterocycles. The third kappa shape index (κ3) is 2.75. The van der Waals surface area contributed by atoms with Crippen molar-refractivity contribution >= 4 is 28.2 Å². The van der Waals surface area contributed by atoms with Crippen molar-refractivity contribution in [3.8, 4) is 0 Å².